The normalized spacial score (nSPS) is 12.0. The molecule has 3 aromatic carbocycles. The van der Waals surface area contributed by atoms with Gasteiger partial charge in [-0.25, -0.2) is 10.2 Å². The summed E-state index contributed by atoms with van der Waals surface area (Å²) in [6.45, 7) is 0. The van der Waals surface area contributed by atoms with Gasteiger partial charge >= 0.3 is 18.6 Å². The van der Waals surface area contributed by atoms with E-state index in [1.165, 1.54) is 18.2 Å². The number of halogens is 6. The van der Waals surface area contributed by atoms with Crippen molar-refractivity contribution in [3.63, 3.8) is 0 Å². The average Bonchev–Trinajstić information content (AvgIpc) is 2.82. The fraction of sp³-hybridized carbons (Fsp3) is 0.125. The van der Waals surface area contributed by atoms with Gasteiger partial charge in [0.25, 0.3) is 0 Å². The van der Waals surface area contributed by atoms with E-state index < -0.39 is 29.9 Å². The number of nitrogens with one attached hydrogen (secondary N) is 2. The van der Waals surface area contributed by atoms with Gasteiger partial charge in [0, 0.05) is 12.1 Å². The van der Waals surface area contributed by atoms with Crippen LogP contribution in [0.3, 0.4) is 0 Å². The lowest BCUT2D eigenvalue weighted by atomic mass is 9.99. The zero-order chi connectivity index (χ0) is 26.3. The SMILES string of the molecule is N#Cc1cccc(C/C(=N/NC(=O)Nc2ccc(OC(F)(F)F)cc2)c2cccc(C(F)(F)F)c2)c1. The first kappa shape index (κ1) is 26.1. The summed E-state index contributed by atoms with van der Waals surface area (Å²) in [5, 5.41) is 15.4. The molecular formula is C24H16F6N4O2. The number of carbonyl (C=O) groups is 1. The Kier molecular flexibility index (Phi) is 7.83. The quantitative estimate of drug-likeness (QED) is 0.236. The van der Waals surface area contributed by atoms with Crippen LogP contribution in [0.15, 0.2) is 77.9 Å². The molecule has 0 radical (unpaired) electrons. The van der Waals surface area contributed by atoms with Crippen LogP contribution >= 0.6 is 0 Å². The highest BCUT2D eigenvalue weighted by Crippen LogP contribution is 2.30. The summed E-state index contributed by atoms with van der Waals surface area (Å²) < 4.78 is 80.1. The smallest absolute Gasteiger partial charge is 0.406 e. The predicted octanol–water partition coefficient (Wildman–Crippen LogP) is 6.24. The molecule has 0 atom stereocenters. The highest BCUT2D eigenvalue weighted by atomic mass is 19.4. The van der Waals surface area contributed by atoms with Crippen LogP contribution < -0.4 is 15.5 Å². The van der Waals surface area contributed by atoms with E-state index in [0.717, 1.165) is 36.4 Å². The monoisotopic (exact) mass is 506 g/mol. The summed E-state index contributed by atoms with van der Waals surface area (Å²) in [6.07, 6.45) is -9.48. The molecule has 0 aliphatic rings. The van der Waals surface area contributed by atoms with Crippen molar-refractivity contribution in [2.24, 2.45) is 5.10 Å². The van der Waals surface area contributed by atoms with Crippen molar-refractivity contribution in [3.8, 4) is 11.8 Å². The van der Waals surface area contributed by atoms with Crippen LogP contribution in [0.5, 0.6) is 5.75 Å². The molecule has 12 heteroatoms. The molecule has 6 nitrogen and oxygen atoms in total. The summed E-state index contributed by atoms with van der Waals surface area (Å²) in [6, 6.07) is 16.1. The minimum absolute atomic E-state index is 0.0133. The molecule has 36 heavy (non-hydrogen) atoms. The number of ether oxygens (including phenoxy) is 1. The lowest BCUT2D eigenvalue weighted by Crippen LogP contribution is -2.26. The minimum atomic E-state index is -4.87. The van der Waals surface area contributed by atoms with Gasteiger partial charge < -0.3 is 10.1 Å². The van der Waals surface area contributed by atoms with Crippen LogP contribution in [0.4, 0.5) is 36.8 Å². The summed E-state index contributed by atoms with van der Waals surface area (Å²) in [4.78, 5) is 12.3. The van der Waals surface area contributed by atoms with E-state index in [-0.39, 0.29) is 23.4 Å². The third-order valence-corrected chi connectivity index (χ3v) is 4.59. The zero-order valence-corrected chi connectivity index (χ0v) is 18.1. The molecule has 0 spiro atoms. The Bertz CT molecular complexity index is 1300. The number of rotatable bonds is 6. The average molecular weight is 506 g/mol. The van der Waals surface area contributed by atoms with Gasteiger partial charge in [0.1, 0.15) is 5.75 Å². The topological polar surface area (TPSA) is 86.5 Å². The van der Waals surface area contributed by atoms with Crippen molar-refractivity contribution in [3.05, 3.63) is 95.1 Å². The number of hydrogen-bond donors (Lipinski definition) is 2. The van der Waals surface area contributed by atoms with Gasteiger partial charge in [0.05, 0.1) is 22.9 Å². The zero-order valence-electron chi connectivity index (χ0n) is 18.1. The van der Waals surface area contributed by atoms with Gasteiger partial charge in [-0.1, -0.05) is 24.3 Å². The second-order valence-electron chi connectivity index (χ2n) is 7.26. The van der Waals surface area contributed by atoms with Crippen molar-refractivity contribution in [2.45, 2.75) is 19.0 Å². The molecule has 0 aromatic heterocycles. The fourth-order valence-electron chi connectivity index (χ4n) is 3.04. The first-order valence-electron chi connectivity index (χ1n) is 10.1. The summed E-state index contributed by atoms with van der Waals surface area (Å²) in [5.74, 6) is -0.488. The second kappa shape index (κ2) is 10.8. The van der Waals surface area contributed by atoms with E-state index >= 15 is 0 Å². The van der Waals surface area contributed by atoms with Crippen molar-refractivity contribution in [2.75, 3.05) is 5.32 Å². The largest absolute Gasteiger partial charge is 0.573 e. The number of hydrazone groups is 1. The molecule has 186 valence electrons. The van der Waals surface area contributed by atoms with Crippen molar-refractivity contribution < 1.29 is 35.9 Å². The first-order valence-corrected chi connectivity index (χ1v) is 10.1. The Morgan fingerprint density at radius 1 is 0.944 bits per heavy atom. The third kappa shape index (κ3) is 7.76. The van der Waals surface area contributed by atoms with Crippen LogP contribution in [0.2, 0.25) is 0 Å². The van der Waals surface area contributed by atoms with Crippen molar-refractivity contribution in [1.82, 2.24) is 5.43 Å². The third-order valence-electron chi connectivity index (χ3n) is 4.59. The Morgan fingerprint density at radius 3 is 2.28 bits per heavy atom. The van der Waals surface area contributed by atoms with Gasteiger partial charge in [0.15, 0.2) is 0 Å². The molecular weight excluding hydrogens is 490 g/mol. The maximum Gasteiger partial charge on any atom is 0.573 e. The molecule has 0 saturated carbocycles. The van der Waals surface area contributed by atoms with Crippen molar-refractivity contribution in [1.29, 1.82) is 5.26 Å². The minimum Gasteiger partial charge on any atom is -0.406 e. The molecule has 0 fully saturated rings. The molecule has 2 N–H and O–H groups in total. The number of alkyl halides is 6. The lowest BCUT2D eigenvalue weighted by molar-refractivity contribution is -0.274. The first-order chi connectivity index (χ1) is 16.9. The molecule has 0 bridgehead atoms. The van der Waals surface area contributed by atoms with Gasteiger partial charge in [-0.2, -0.15) is 23.5 Å². The highest BCUT2D eigenvalue weighted by Gasteiger charge is 2.31. The lowest BCUT2D eigenvalue weighted by Gasteiger charge is -2.12. The molecule has 0 heterocycles. The maximum atomic E-state index is 13.2. The van der Waals surface area contributed by atoms with Gasteiger partial charge in [0.2, 0.25) is 0 Å². The summed E-state index contributed by atoms with van der Waals surface area (Å²) >= 11 is 0. The Labute approximate surface area is 200 Å². The number of urea groups is 1. The van der Waals surface area contributed by atoms with Crippen LogP contribution in [0.25, 0.3) is 0 Å². The Morgan fingerprint density at radius 2 is 1.64 bits per heavy atom. The van der Waals surface area contributed by atoms with E-state index in [2.05, 4.69) is 20.6 Å². The van der Waals surface area contributed by atoms with Gasteiger partial charge in [-0.3, -0.25) is 0 Å². The van der Waals surface area contributed by atoms with Crippen LogP contribution in [-0.4, -0.2) is 18.1 Å². The van der Waals surface area contributed by atoms with Crippen LogP contribution in [-0.2, 0) is 12.6 Å². The summed E-state index contributed by atoms with van der Waals surface area (Å²) in [7, 11) is 0. The number of hydrogen-bond acceptors (Lipinski definition) is 4. The molecule has 2 amide bonds. The standard InChI is InChI=1S/C24H16F6N4O2/c25-23(26,27)18-6-2-5-17(13-18)21(12-15-3-1-4-16(11-15)14-31)33-34-22(35)32-19-7-9-20(10-8-19)36-24(28,29)30/h1-11,13H,12H2,(H2,32,34,35)/b33-21-. The highest BCUT2D eigenvalue weighted by molar-refractivity contribution is 6.03. The summed E-state index contributed by atoms with van der Waals surface area (Å²) in [5.41, 5.74) is 2.42. The van der Waals surface area contributed by atoms with Crippen molar-refractivity contribution >= 4 is 17.4 Å². The van der Waals surface area contributed by atoms with E-state index in [9.17, 15) is 31.1 Å². The number of benzene rings is 3. The number of nitriles is 1. The van der Waals surface area contributed by atoms with Gasteiger partial charge in [-0.05, 0) is 59.7 Å². The van der Waals surface area contributed by atoms with Gasteiger partial charge in [-0.15, -0.1) is 13.2 Å². The predicted molar refractivity (Wildman–Crippen MR) is 118 cm³/mol. The maximum absolute atomic E-state index is 13.2. The second-order valence-corrected chi connectivity index (χ2v) is 7.26. The fourth-order valence-corrected chi connectivity index (χ4v) is 3.04. The van der Waals surface area contributed by atoms with Crippen LogP contribution in [0, 0.1) is 11.3 Å². The van der Waals surface area contributed by atoms with E-state index in [0.29, 0.717) is 11.1 Å². The molecule has 3 aromatic rings. The Balaban J connectivity index is 1.81. The Hall–Kier alpha value is -4.53. The molecule has 0 unspecified atom stereocenters. The van der Waals surface area contributed by atoms with E-state index in [1.54, 1.807) is 18.2 Å². The molecule has 3 rings (SSSR count). The molecule has 0 aliphatic heterocycles. The molecule has 0 saturated heterocycles. The number of amides is 2. The number of carbonyl (C=O) groups excluding carboxylic acids is 1. The van der Waals surface area contributed by atoms with Crippen LogP contribution in [0.1, 0.15) is 22.3 Å². The number of nitrogens with zero attached hydrogens (tertiary/aromatic N) is 2. The van der Waals surface area contributed by atoms with E-state index in [1.807, 2.05) is 6.07 Å². The van der Waals surface area contributed by atoms with E-state index in [4.69, 9.17) is 5.26 Å². The number of anilines is 1. The molecule has 0 aliphatic carbocycles.